The number of hydrogen-bond acceptors (Lipinski definition) is 1. The van der Waals surface area contributed by atoms with Gasteiger partial charge in [-0.05, 0) is 43.5 Å². The maximum Gasteiger partial charge on any atom is 0.0279 e. The predicted molar refractivity (Wildman–Crippen MR) is 56.2 cm³/mol. The average Bonchev–Trinajstić information content (AvgIpc) is 1.82. The van der Waals surface area contributed by atoms with Gasteiger partial charge in [0.25, 0.3) is 0 Å². The molecular weight excluding hydrogens is 214 g/mol. The van der Waals surface area contributed by atoms with Gasteiger partial charge in [-0.1, -0.05) is 22.0 Å². The van der Waals surface area contributed by atoms with Crippen LogP contribution in [0, 0.1) is 13.8 Å². The van der Waals surface area contributed by atoms with E-state index in [9.17, 15) is 0 Å². The lowest BCUT2D eigenvalue weighted by Gasteiger charge is -2.12. The number of aryl methyl sites for hydroxylation is 2. The van der Waals surface area contributed by atoms with Crippen molar-refractivity contribution in [2.75, 3.05) is 0 Å². The molecule has 0 aromatic heterocycles. The average molecular weight is 228 g/mol. The van der Waals surface area contributed by atoms with E-state index < -0.39 is 0 Å². The van der Waals surface area contributed by atoms with E-state index in [-0.39, 0.29) is 6.04 Å². The summed E-state index contributed by atoms with van der Waals surface area (Å²) in [6.45, 7) is 6.18. The Morgan fingerprint density at radius 2 is 1.92 bits per heavy atom. The van der Waals surface area contributed by atoms with E-state index in [4.69, 9.17) is 5.73 Å². The lowest BCUT2D eigenvalue weighted by Crippen LogP contribution is -2.08. The number of hydrogen-bond donors (Lipinski definition) is 1. The van der Waals surface area contributed by atoms with E-state index in [2.05, 4.69) is 41.9 Å². The van der Waals surface area contributed by atoms with Crippen LogP contribution < -0.4 is 5.73 Å². The monoisotopic (exact) mass is 227 g/mol. The molecule has 66 valence electrons. The first-order valence-corrected chi connectivity index (χ1v) is 4.84. The first-order valence-electron chi connectivity index (χ1n) is 4.04. The molecular formula is C10H14BrN. The molecule has 0 saturated heterocycles. The Morgan fingerprint density at radius 3 is 2.33 bits per heavy atom. The van der Waals surface area contributed by atoms with Crippen molar-refractivity contribution < 1.29 is 0 Å². The highest BCUT2D eigenvalue weighted by Crippen LogP contribution is 2.26. The smallest absolute Gasteiger partial charge is 0.0279 e. The van der Waals surface area contributed by atoms with Gasteiger partial charge in [0.05, 0.1) is 0 Å². The van der Waals surface area contributed by atoms with E-state index in [1.54, 1.807) is 0 Å². The fourth-order valence-electron chi connectivity index (χ4n) is 1.50. The van der Waals surface area contributed by atoms with Crippen molar-refractivity contribution in [1.82, 2.24) is 0 Å². The summed E-state index contributed by atoms with van der Waals surface area (Å²) in [7, 11) is 0. The second-order valence-corrected chi connectivity index (χ2v) is 4.12. The third-order valence-electron chi connectivity index (χ3n) is 1.94. The Balaban J connectivity index is 3.28. The summed E-state index contributed by atoms with van der Waals surface area (Å²) in [5, 5.41) is 0. The van der Waals surface area contributed by atoms with Gasteiger partial charge < -0.3 is 5.73 Å². The first-order chi connectivity index (χ1) is 5.52. The Bertz CT molecular complexity index is 269. The molecule has 0 aliphatic carbocycles. The Kier molecular flexibility index (Phi) is 2.91. The molecule has 0 radical (unpaired) electrons. The lowest BCUT2D eigenvalue weighted by atomic mass is 10.0. The summed E-state index contributed by atoms with van der Waals surface area (Å²) in [5.41, 5.74) is 9.57. The number of halogens is 1. The lowest BCUT2D eigenvalue weighted by molar-refractivity contribution is 0.804. The van der Waals surface area contributed by atoms with Gasteiger partial charge in [-0.15, -0.1) is 0 Å². The summed E-state index contributed by atoms with van der Waals surface area (Å²) in [6, 6.07) is 4.36. The molecule has 2 N–H and O–H groups in total. The Hall–Kier alpha value is -0.340. The zero-order chi connectivity index (χ0) is 9.30. The molecule has 2 heteroatoms. The quantitative estimate of drug-likeness (QED) is 0.785. The zero-order valence-electron chi connectivity index (χ0n) is 7.69. The fourth-order valence-corrected chi connectivity index (χ4v) is 2.54. The van der Waals surface area contributed by atoms with Crippen LogP contribution in [-0.4, -0.2) is 0 Å². The minimum atomic E-state index is 0.0972. The van der Waals surface area contributed by atoms with Crippen LogP contribution >= 0.6 is 15.9 Å². The summed E-state index contributed by atoms with van der Waals surface area (Å²) >= 11 is 3.52. The maximum atomic E-state index is 5.84. The molecule has 0 fully saturated rings. The van der Waals surface area contributed by atoms with Gasteiger partial charge in [0, 0.05) is 10.5 Å². The number of nitrogens with two attached hydrogens (primary N) is 1. The number of benzene rings is 1. The largest absolute Gasteiger partial charge is 0.324 e. The van der Waals surface area contributed by atoms with Gasteiger partial charge in [0.1, 0.15) is 0 Å². The Labute approximate surface area is 82.1 Å². The van der Waals surface area contributed by atoms with Crippen molar-refractivity contribution in [3.05, 3.63) is 33.3 Å². The maximum absolute atomic E-state index is 5.84. The standard InChI is InChI=1S/C10H14BrN/c1-6-4-7(2)10(8(3)12)9(11)5-6/h4-5,8H,12H2,1-3H3. The zero-order valence-corrected chi connectivity index (χ0v) is 9.27. The van der Waals surface area contributed by atoms with Crippen molar-refractivity contribution in [2.45, 2.75) is 26.8 Å². The molecule has 0 aliphatic rings. The molecule has 1 aromatic rings. The highest BCUT2D eigenvalue weighted by atomic mass is 79.9. The molecule has 0 aliphatic heterocycles. The molecule has 0 heterocycles. The molecule has 0 saturated carbocycles. The minimum Gasteiger partial charge on any atom is -0.324 e. The van der Waals surface area contributed by atoms with Crippen LogP contribution in [0.15, 0.2) is 16.6 Å². The van der Waals surface area contributed by atoms with Gasteiger partial charge in [-0.25, -0.2) is 0 Å². The van der Waals surface area contributed by atoms with Gasteiger partial charge in [0.15, 0.2) is 0 Å². The van der Waals surface area contributed by atoms with Crippen molar-refractivity contribution in [3.8, 4) is 0 Å². The normalized spacial score (nSPS) is 13.1. The third-order valence-corrected chi connectivity index (χ3v) is 2.59. The minimum absolute atomic E-state index is 0.0972. The van der Waals surface area contributed by atoms with Gasteiger partial charge >= 0.3 is 0 Å². The summed E-state index contributed by atoms with van der Waals surface area (Å²) in [6.07, 6.45) is 0. The highest BCUT2D eigenvalue weighted by Gasteiger charge is 2.08. The van der Waals surface area contributed by atoms with Crippen molar-refractivity contribution in [2.24, 2.45) is 5.73 Å². The Morgan fingerprint density at radius 1 is 1.33 bits per heavy atom. The summed E-state index contributed by atoms with van der Waals surface area (Å²) < 4.78 is 1.12. The molecule has 1 atom stereocenters. The van der Waals surface area contributed by atoms with Crippen molar-refractivity contribution >= 4 is 15.9 Å². The highest BCUT2D eigenvalue weighted by molar-refractivity contribution is 9.10. The van der Waals surface area contributed by atoms with Crippen LogP contribution in [0.25, 0.3) is 0 Å². The second kappa shape index (κ2) is 3.58. The number of rotatable bonds is 1. The van der Waals surface area contributed by atoms with Crippen molar-refractivity contribution in [1.29, 1.82) is 0 Å². The van der Waals surface area contributed by atoms with E-state index in [0.29, 0.717) is 0 Å². The second-order valence-electron chi connectivity index (χ2n) is 3.27. The van der Waals surface area contributed by atoms with Crippen LogP contribution in [0.5, 0.6) is 0 Å². The summed E-state index contributed by atoms with van der Waals surface area (Å²) in [5.74, 6) is 0. The van der Waals surface area contributed by atoms with E-state index in [1.165, 1.54) is 16.7 Å². The molecule has 1 nitrogen and oxygen atoms in total. The third kappa shape index (κ3) is 1.87. The van der Waals surface area contributed by atoms with Crippen LogP contribution in [0.1, 0.15) is 29.7 Å². The van der Waals surface area contributed by atoms with Gasteiger partial charge in [-0.2, -0.15) is 0 Å². The SMILES string of the molecule is Cc1cc(C)c(C(C)N)c(Br)c1. The molecule has 1 aromatic carbocycles. The van der Waals surface area contributed by atoms with Crippen LogP contribution in [0.3, 0.4) is 0 Å². The van der Waals surface area contributed by atoms with Gasteiger partial charge in [-0.3, -0.25) is 0 Å². The van der Waals surface area contributed by atoms with Gasteiger partial charge in [0.2, 0.25) is 0 Å². The molecule has 0 amide bonds. The van der Waals surface area contributed by atoms with E-state index in [0.717, 1.165) is 4.47 Å². The van der Waals surface area contributed by atoms with Crippen LogP contribution in [-0.2, 0) is 0 Å². The molecule has 1 unspecified atom stereocenters. The molecule has 12 heavy (non-hydrogen) atoms. The predicted octanol–water partition coefficient (Wildman–Crippen LogP) is 3.09. The summed E-state index contributed by atoms with van der Waals surface area (Å²) in [4.78, 5) is 0. The van der Waals surface area contributed by atoms with E-state index in [1.807, 2.05) is 6.92 Å². The van der Waals surface area contributed by atoms with Crippen molar-refractivity contribution in [3.63, 3.8) is 0 Å². The molecule has 1 rings (SSSR count). The molecule has 0 spiro atoms. The van der Waals surface area contributed by atoms with Crippen LogP contribution in [0.4, 0.5) is 0 Å². The topological polar surface area (TPSA) is 26.0 Å². The first kappa shape index (κ1) is 9.75. The molecule has 0 bridgehead atoms. The van der Waals surface area contributed by atoms with E-state index >= 15 is 0 Å². The fraction of sp³-hybridized carbons (Fsp3) is 0.400. The van der Waals surface area contributed by atoms with Crippen LogP contribution in [0.2, 0.25) is 0 Å².